The Morgan fingerprint density at radius 3 is 3.08 bits per heavy atom. The van der Waals surface area contributed by atoms with Crippen LogP contribution in [0.2, 0.25) is 0 Å². The zero-order valence-corrected chi connectivity index (χ0v) is 14.8. The van der Waals surface area contributed by atoms with Crippen LogP contribution in [0.1, 0.15) is 31.9 Å². The van der Waals surface area contributed by atoms with E-state index < -0.39 is 0 Å². The largest absolute Gasteiger partial charge is 0.473 e. The Balaban J connectivity index is 2.01. The molecule has 1 aromatic heterocycles. The zero-order chi connectivity index (χ0) is 17.2. The third-order valence-corrected chi connectivity index (χ3v) is 3.88. The van der Waals surface area contributed by atoms with Crippen LogP contribution in [0.25, 0.3) is 0 Å². The van der Waals surface area contributed by atoms with E-state index in [9.17, 15) is 0 Å². The summed E-state index contributed by atoms with van der Waals surface area (Å²) in [6.45, 7) is 8.58. The van der Waals surface area contributed by atoms with E-state index in [4.69, 9.17) is 9.47 Å². The van der Waals surface area contributed by atoms with Gasteiger partial charge < -0.3 is 14.8 Å². The number of allylic oxidation sites excluding steroid dienone is 4. The highest BCUT2D eigenvalue weighted by molar-refractivity contribution is 5.19. The predicted octanol–water partition coefficient (Wildman–Crippen LogP) is 3.24. The van der Waals surface area contributed by atoms with Crippen LogP contribution in [0.4, 0.5) is 0 Å². The Morgan fingerprint density at radius 2 is 2.38 bits per heavy atom. The number of hydrogen-bond donors (Lipinski definition) is 1. The van der Waals surface area contributed by atoms with E-state index in [0.717, 1.165) is 49.7 Å². The summed E-state index contributed by atoms with van der Waals surface area (Å²) in [6.07, 6.45) is 11.4. The van der Waals surface area contributed by atoms with E-state index in [1.54, 1.807) is 6.08 Å². The molecule has 132 valence electrons. The molecule has 1 N–H and O–H groups in total. The Morgan fingerprint density at radius 1 is 1.50 bits per heavy atom. The maximum absolute atomic E-state index is 5.99. The molecule has 1 unspecified atom stereocenters. The van der Waals surface area contributed by atoms with Crippen LogP contribution in [-0.4, -0.2) is 36.1 Å². The molecule has 5 heteroatoms. The van der Waals surface area contributed by atoms with Gasteiger partial charge in [-0.3, -0.25) is 0 Å². The van der Waals surface area contributed by atoms with Gasteiger partial charge in [0.1, 0.15) is 6.61 Å². The molecule has 1 fully saturated rings. The first-order valence-electron chi connectivity index (χ1n) is 8.63. The van der Waals surface area contributed by atoms with Crippen molar-refractivity contribution in [3.63, 3.8) is 0 Å². The minimum absolute atomic E-state index is 0.232. The summed E-state index contributed by atoms with van der Waals surface area (Å²) < 4.78 is 13.8. The van der Waals surface area contributed by atoms with Crippen molar-refractivity contribution in [2.75, 3.05) is 20.3 Å². The number of ether oxygens (including phenoxy) is 2. The first kappa shape index (κ1) is 18.5. The monoisotopic (exact) mass is 331 g/mol. The van der Waals surface area contributed by atoms with Gasteiger partial charge in [0.15, 0.2) is 0 Å². The second-order valence-corrected chi connectivity index (χ2v) is 6.10. The summed E-state index contributed by atoms with van der Waals surface area (Å²) in [5, 5.41) is 7.78. The lowest BCUT2D eigenvalue weighted by molar-refractivity contribution is 0.00253. The van der Waals surface area contributed by atoms with Gasteiger partial charge in [0.2, 0.25) is 5.88 Å². The highest BCUT2D eigenvalue weighted by atomic mass is 16.5. The van der Waals surface area contributed by atoms with Crippen molar-refractivity contribution in [1.29, 1.82) is 0 Å². The van der Waals surface area contributed by atoms with Crippen molar-refractivity contribution in [2.45, 2.75) is 45.4 Å². The molecule has 0 saturated carbocycles. The van der Waals surface area contributed by atoms with Gasteiger partial charge in [0, 0.05) is 19.2 Å². The van der Waals surface area contributed by atoms with Crippen molar-refractivity contribution in [1.82, 2.24) is 15.1 Å². The molecular weight excluding hydrogens is 302 g/mol. The molecule has 1 atom stereocenters. The first-order valence-corrected chi connectivity index (χ1v) is 8.63. The molecule has 0 bridgehead atoms. The quantitative estimate of drug-likeness (QED) is 0.706. The molecule has 1 aliphatic heterocycles. The molecule has 5 nitrogen and oxygen atoms in total. The van der Waals surface area contributed by atoms with Crippen molar-refractivity contribution < 1.29 is 9.47 Å². The van der Waals surface area contributed by atoms with Gasteiger partial charge in [0.05, 0.1) is 18.3 Å². The Hall–Kier alpha value is -1.85. The lowest BCUT2D eigenvalue weighted by atomic mass is 10.1. The van der Waals surface area contributed by atoms with Gasteiger partial charge in [-0.15, -0.1) is 0 Å². The van der Waals surface area contributed by atoms with Crippen molar-refractivity contribution in [3.05, 3.63) is 48.2 Å². The normalized spacial score (nSPS) is 18.9. The lowest BCUT2D eigenvalue weighted by Crippen LogP contribution is -2.25. The van der Waals surface area contributed by atoms with Crippen molar-refractivity contribution in [2.24, 2.45) is 0 Å². The van der Waals surface area contributed by atoms with Gasteiger partial charge in [0.25, 0.3) is 0 Å². The molecule has 1 saturated heterocycles. The number of nitrogens with one attached hydrogen (secondary N) is 1. The lowest BCUT2D eigenvalue weighted by Gasteiger charge is -2.23. The van der Waals surface area contributed by atoms with Gasteiger partial charge in [-0.1, -0.05) is 30.9 Å². The average Bonchev–Trinajstić information content (AvgIpc) is 2.96. The summed E-state index contributed by atoms with van der Waals surface area (Å²) in [4.78, 5) is 0. The smallest absolute Gasteiger partial charge is 0.212 e. The summed E-state index contributed by atoms with van der Waals surface area (Å²) >= 11 is 0. The molecule has 0 spiro atoms. The SMILES string of the molecule is C=C/C=C\C=C(/C)COc1cc(CNC)nn1CC1CCCCO1. The van der Waals surface area contributed by atoms with Gasteiger partial charge >= 0.3 is 0 Å². The van der Waals surface area contributed by atoms with Gasteiger partial charge in [-0.25, -0.2) is 4.68 Å². The van der Waals surface area contributed by atoms with E-state index in [2.05, 4.69) is 17.0 Å². The summed E-state index contributed by atoms with van der Waals surface area (Å²) in [7, 11) is 1.92. The number of hydrogen-bond acceptors (Lipinski definition) is 4. The molecule has 24 heavy (non-hydrogen) atoms. The third-order valence-electron chi connectivity index (χ3n) is 3.88. The minimum atomic E-state index is 0.232. The highest BCUT2D eigenvalue weighted by Crippen LogP contribution is 2.20. The minimum Gasteiger partial charge on any atom is -0.473 e. The van der Waals surface area contributed by atoms with Crippen LogP contribution in [0.3, 0.4) is 0 Å². The third kappa shape index (κ3) is 5.98. The number of rotatable bonds is 9. The predicted molar refractivity (Wildman–Crippen MR) is 97.2 cm³/mol. The van der Waals surface area contributed by atoms with E-state index in [1.807, 2.05) is 42.9 Å². The maximum atomic E-state index is 5.99. The van der Waals surface area contributed by atoms with Crippen LogP contribution in [0.15, 0.2) is 42.5 Å². The van der Waals surface area contributed by atoms with Crippen molar-refractivity contribution >= 4 is 0 Å². The first-order chi connectivity index (χ1) is 11.7. The summed E-state index contributed by atoms with van der Waals surface area (Å²) in [5.41, 5.74) is 2.13. The molecule has 0 aliphatic carbocycles. The molecule has 1 aromatic rings. The molecule has 2 heterocycles. The van der Waals surface area contributed by atoms with E-state index in [1.165, 1.54) is 6.42 Å². The summed E-state index contributed by atoms with van der Waals surface area (Å²) in [5.74, 6) is 0.801. The highest BCUT2D eigenvalue weighted by Gasteiger charge is 2.18. The van der Waals surface area contributed by atoms with Crippen LogP contribution < -0.4 is 10.1 Å². The van der Waals surface area contributed by atoms with Gasteiger partial charge in [-0.05, 0) is 38.8 Å². The standard InChI is InChI=1S/C19H29N3O2/c1-4-5-6-9-16(2)15-24-19-12-17(13-20-3)21-22(19)14-18-10-7-8-11-23-18/h4-6,9,12,18,20H,1,7-8,10-11,13-15H2,2-3H3/b6-5-,16-9+. The zero-order valence-electron chi connectivity index (χ0n) is 14.8. The van der Waals surface area contributed by atoms with Crippen LogP contribution in [0.5, 0.6) is 5.88 Å². The fraction of sp³-hybridized carbons (Fsp3) is 0.526. The fourth-order valence-corrected chi connectivity index (χ4v) is 2.64. The topological polar surface area (TPSA) is 48.3 Å². The number of nitrogens with zero attached hydrogens (tertiary/aromatic N) is 2. The molecule has 0 amide bonds. The van der Waals surface area contributed by atoms with E-state index >= 15 is 0 Å². The van der Waals surface area contributed by atoms with Crippen molar-refractivity contribution in [3.8, 4) is 5.88 Å². The Kier molecular flexibility index (Phi) is 7.79. The Bertz CT molecular complexity index is 569. The second-order valence-electron chi connectivity index (χ2n) is 6.10. The van der Waals surface area contributed by atoms with E-state index in [0.29, 0.717) is 6.61 Å². The summed E-state index contributed by atoms with van der Waals surface area (Å²) in [6, 6.07) is 2.01. The maximum Gasteiger partial charge on any atom is 0.212 e. The fourth-order valence-electron chi connectivity index (χ4n) is 2.64. The second kappa shape index (κ2) is 10.1. The average molecular weight is 331 g/mol. The molecular formula is C19H29N3O2. The molecule has 1 aliphatic rings. The van der Waals surface area contributed by atoms with Crippen LogP contribution in [0, 0.1) is 0 Å². The van der Waals surface area contributed by atoms with Crippen LogP contribution in [-0.2, 0) is 17.8 Å². The Labute approximate surface area is 145 Å². The molecule has 0 radical (unpaired) electrons. The molecule has 0 aromatic carbocycles. The van der Waals surface area contributed by atoms with Crippen LogP contribution >= 0.6 is 0 Å². The van der Waals surface area contributed by atoms with Gasteiger partial charge in [-0.2, -0.15) is 5.10 Å². The number of aromatic nitrogens is 2. The van der Waals surface area contributed by atoms with E-state index in [-0.39, 0.29) is 6.10 Å². The molecule has 2 rings (SSSR count).